The van der Waals surface area contributed by atoms with E-state index in [1.54, 1.807) is 11.3 Å². The summed E-state index contributed by atoms with van der Waals surface area (Å²) in [5.74, 6) is 1.01. The lowest BCUT2D eigenvalue weighted by Gasteiger charge is -2.22. The summed E-state index contributed by atoms with van der Waals surface area (Å²) in [4.78, 5) is 4.77. The second-order valence-electron chi connectivity index (χ2n) is 5.04. The van der Waals surface area contributed by atoms with E-state index in [4.69, 9.17) is 14.5 Å². The highest BCUT2D eigenvalue weighted by molar-refractivity contribution is 7.22. The van der Waals surface area contributed by atoms with E-state index >= 15 is 0 Å². The van der Waals surface area contributed by atoms with E-state index in [1.165, 1.54) is 10.3 Å². The quantitative estimate of drug-likeness (QED) is 0.916. The first-order valence-electron chi connectivity index (χ1n) is 6.80. The number of fused-ring (bicyclic) bond motifs is 3. The summed E-state index contributed by atoms with van der Waals surface area (Å²) < 4.78 is 12.2. The fourth-order valence-electron chi connectivity index (χ4n) is 2.75. The van der Waals surface area contributed by atoms with Gasteiger partial charge in [-0.15, -0.1) is 0 Å². The lowest BCUT2D eigenvalue weighted by atomic mass is 10.1. The Morgan fingerprint density at radius 3 is 3.00 bits per heavy atom. The third-order valence-corrected chi connectivity index (χ3v) is 4.73. The van der Waals surface area contributed by atoms with Gasteiger partial charge in [0.25, 0.3) is 0 Å². The molecule has 4 rings (SSSR count). The van der Waals surface area contributed by atoms with Crippen molar-refractivity contribution in [3.8, 4) is 5.75 Å². The predicted molar refractivity (Wildman–Crippen MR) is 76.3 cm³/mol. The van der Waals surface area contributed by atoms with Crippen LogP contribution in [0.15, 0.2) is 12.1 Å². The minimum atomic E-state index is 0.499. The maximum atomic E-state index is 5.59. The molecule has 4 nitrogen and oxygen atoms in total. The topological polar surface area (TPSA) is 43.4 Å². The summed E-state index contributed by atoms with van der Waals surface area (Å²) in [5, 5.41) is 4.58. The van der Waals surface area contributed by atoms with Gasteiger partial charge in [0.2, 0.25) is 0 Å². The maximum Gasteiger partial charge on any atom is 0.184 e. The Morgan fingerprint density at radius 2 is 2.11 bits per heavy atom. The molecule has 2 aliphatic heterocycles. The van der Waals surface area contributed by atoms with Crippen LogP contribution in [0.25, 0.3) is 10.2 Å². The first-order chi connectivity index (χ1) is 9.40. The van der Waals surface area contributed by atoms with Crippen LogP contribution < -0.4 is 10.1 Å². The number of anilines is 1. The normalized spacial score (nSPS) is 19.4. The van der Waals surface area contributed by atoms with E-state index in [2.05, 4.69) is 17.4 Å². The van der Waals surface area contributed by atoms with Crippen molar-refractivity contribution in [1.29, 1.82) is 0 Å². The molecule has 2 aromatic rings. The molecule has 0 amide bonds. The molecule has 0 saturated carbocycles. The molecule has 0 atom stereocenters. The molecule has 2 aliphatic rings. The zero-order valence-corrected chi connectivity index (χ0v) is 11.5. The standard InChI is InChI=1S/C14H16N2O2S/c1-2-12-13(10-5-8-18-11(1)10)16-14(19-12)15-9-3-6-17-7-4-9/h1-2,9H,3-8H2,(H,15,16). The molecule has 1 aromatic heterocycles. The first kappa shape index (κ1) is 11.5. The van der Waals surface area contributed by atoms with Gasteiger partial charge in [0.15, 0.2) is 5.13 Å². The van der Waals surface area contributed by atoms with E-state index in [9.17, 15) is 0 Å². The predicted octanol–water partition coefficient (Wildman–Crippen LogP) is 2.82. The van der Waals surface area contributed by atoms with Gasteiger partial charge in [-0.1, -0.05) is 11.3 Å². The molecule has 0 spiro atoms. The molecule has 1 N–H and O–H groups in total. The zero-order valence-electron chi connectivity index (χ0n) is 10.6. The Hall–Kier alpha value is -1.33. The van der Waals surface area contributed by atoms with Gasteiger partial charge < -0.3 is 14.8 Å². The summed E-state index contributed by atoms with van der Waals surface area (Å²) in [7, 11) is 0. The minimum Gasteiger partial charge on any atom is -0.493 e. The molecule has 0 unspecified atom stereocenters. The highest BCUT2D eigenvalue weighted by Crippen LogP contribution is 2.36. The Bertz CT molecular complexity index is 605. The maximum absolute atomic E-state index is 5.59. The zero-order chi connectivity index (χ0) is 12.7. The van der Waals surface area contributed by atoms with Gasteiger partial charge in [-0.2, -0.15) is 0 Å². The number of ether oxygens (including phenoxy) is 2. The molecule has 0 radical (unpaired) electrons. The van der Waals surface area contributed by atoms with Crippen molar-refractivity contribution in [2.45, 2.75) is 25.3 Å². The summed E-state index contributed by atoms with van der Waals surface area (Å²) in [6, 6.07) is 4.69. The van der Waals surface area contributed by atoms with Crippen molar-refractivity contribution < 1.29 is 9.47 Å². The number of nitrogens with zero attached hydrogens (tertiary/aromatic N) is 1. The second kappa shape index (κ2) is 4.65. The number of benzene rings is 1. The van der Waals surface area contributed by atoms with Gasteiger partial charge in [-0.05, 0) is 25.0 Å². The van der Waals surface area contributed by atoms with Crippen LogP contribution in [0, 0.1) is 0 Å². The second-order valence-corrected chi connectivity index (χ2v) is 6.07. The summed E-state index contributed by atoms with van der Waals surface area (Å²) >= 11 is 1.74. The number of rotatable bonds is 2. The summed E-state index contributed by atoms with van der Waals surface area (Å²) in [6.45, 7) is 2.49. The molecule has 100 valence electrons. The molecule has 0 bridgehead atoms. The molecule has 3 heterocycles. The SMILES string of the molecule is c1cc2sc(NC3CCOCC3)nc2c2c1OCC2. The van der Waals surface area contributed by atoms with Crippen LogP contribution in [-0.4, -0.2) is 30.8 Å². The van der Waals surface area contributed by atoms with Crippen LogP contribution in [-0.2, 0) is 11.2 Å². The van der Waals surface area contributed by atoms with Crippen LogP contribution in [0.2, 0.25) is 0 Å². The van der Waals surface area contributed by atoms with Gasteiger partial charge in [0.05, 0.1) is 16.8 Å². The average Bonchev–Trinajstić information content (AvgIpc) is 3.04. The molecule has 0 aliphatic carbocycles. The smallest absolute Gasteiger partial charge is 0.184 e. The fraction of sp³-hybridized carbons (Fsp3) is 0.500. The number of thiazole rings is 1. The Labute approximate surface area is 115 Å². The van der Waals surface area contributed by atoms with Crippen LogP contribution in [0.3, 0.4) is 0 Å². The van der Waals surface area contributed by atoms with Crippen molar-refractivity contribution in [1.82, 2.24) is 4.98 Å². The largest absolute Gasteiger partial charge is 0.493 e. The molecule has 5 heteroatoms. The number of hydrogen-bond acceptors (Lipinski definition) is 5. The van der Waals surface area contributed by atoms with Gasteiger partial charge in [0, 0.05) is 31.2 Å². The molecule has 1 saturated heterocycles. The van der Waals surface area contributed by atoms with Crippen molar-refractivity contribution >= 4 is 26.7 Å². The van der Waals surface area contributed by atoms with E-state index in [0.717, 1.165) is 55.5 Å². The molecular formula is C14H16N2O2S. The van der Waals surface area contributed by atoms with Gasteiger partial charge >= 0.3 is 0 Å². The van der Waals surface area contributed by atoms with Crippen molar-refractivity contribution in [3.05, 3.63) is 17.7 Å². The van der Waals surface area contributed by atoms with Crippen LogP contribution in [0.4, 0.5) is 5.13 Å². The lowest BCUT2D eigenvalue weighted by Crippen LogP contribution is -2.27. The molecule has 1 fully saturated rings. The summed E-state index contributed by atoms with van der Waals surface area (Å²) in [5.41, 5.74) is 2.39. The van der Waals surface area contributed by atoms with Crippen molar-refractivity contribution in [2.24, 2.45) is 0 Å². The van der Waals surface area contributed by atoms with E-state index in [0.29, 0.717) is 6.04 Å². The Morgan fingerprint density at radius 1 is 1.21 bits per heavy atom. The van der Waals surface area contributed by atoms with Crippen molar-refractivity contribution in [3.63, 3.8) is 0 Å². The van der Waals surface area contributed by atoms with E-state index < -0.39 is 0 Å². The van der Waals surface area contributed by atoms with Gasteiger partial charge in [-0.25, -0.2) is 4.98 Å². The Balaban J connectivity index is 1.64. The minimum absolute atomic E-state index is 0.499. The number of hydrogen-bond donors (Lipinski definition) is 1. The Kier molecular flexibility index (Phi) is 2.81. The van der Waals surface area contributed by atoms with Crippen LogP contribution in [0.1, 0.15) is 18.4 Å². The van der Waals surface area contributed by atoms with Crippen LogP contribution >= 0.6 is 11.3 Å². The van der Waals surface area contributed by atoms with Gasteiger partial charge in [0.1, 0.15) is 5.75 Å². The lowest BCUT2D eigenvalue weighted by molar-refractivity contribution is 0.0904. The molecule has 19 heavy (non-hydrogen) atoms. The average molecular weight is 276 g/mol. The monoisotopic (exact) mass is 276 g/mol. The third-order valence-electron chi connectivity index (χ3n) is 3.78. The van der Waals surface area contributed by atoms with E-state index in [1.807, 2.05) is 0 Å². The van der Waals surface area contributed by atoms with Crippen LogP contribution in [0.5, 0.6) is 5.75 Å². The number of nitrogens with one attached hydrogen (secondary N) is 1. The molecule has 1 aromatic carbocycles. The summed E-state index contributed by atoms with van der Waals surface area (Å²) in [6.07, 6.45) is 3.11. The van der Waals surface area contributed by atoms with Crippen molar-refractivity contribution in [2.75, 3.05) is 25.1 Å². The number of aromatic nitrogens is 1. The first-order valence-corrected chi connectivity index (χ1v) is 7.61. The fourth-order valence-corrected chi connectivity index (χ4v) is 3.72. The molecular weight excluding hydrogens is 260 g/mol. The third kappa shape index (κ3) is 2.07. The highest BCUT2D eigenvalue weighted by Gasteiger charge is 2.20. The van der Waals surface area contributed by atoms with Gasteiger partial charge in [-0.3, -0.25) is 0 Å². The highest BCUT2D eigenvalue weighted by atomic mass is 32.1. The van der Waals surface area contributed by atoms with E-state index in [-0.39, 0.29) is 0 Å².